The van der Waals surface area contributed by atoms with E-state index in [4.69, 9.17) is 0 Å². The standard InChI is InChI=1S/C20H28O/c1-7-9-16(8-2)19(21)17-10-12-18(13-11-17)20(5,6)14-15(3)4/h7-13,15H,14H2,1-6H3/b9-7-,16-8+. The second kappa shape index (κ2) is 7.40. The van der Waals surface area contributed by atoms with Gasteiger partial charge in [0.05, 0.1) is 0 Å². The number of ketones is 1. The van der Waals surface area contributed by atoms with Crippen LogP contribution in [0.1, 0.15) is 63.9 Å². The van der Waals surface area contributed by atoms with Gasteiger partial charge in [0.1, 0.15) is 0 Å². The van der Waals surface area contributed by atoms with Crippen LogP contribution in [0.4, 0.5) is 0 Å². The van der Waals surface area contributed by atoms with Gasteiger partial charge in [-0.25, -0.2) is 0 Å². The summed E-state index contributed by atoms with van der Waals surface area (Å²) >= 11 is 0. The molecule has 0 fully saturated rings. The van der Waals surface area contributed by atoms with E-state index in [1.54, 1.807) is 0 Å². The smallest absolute Gasteiger partial charge is 0.192 e. The summed E-state index contributed by atoms with van der Waals surface area (Å²) in [5.41, 5.74) is 2.93. The van der Waals surface area contributed by atoms with Gasteiger partial charge in [-0.1, -0.05) is 70.2 Å². The Morgan fingerprint density at radius 3 is 2.14 bits per heavy atom. The third-order valence-corrected chi connectivity index (χ3v) is 3.77. The molecule has 0 heterocycles. The maximum Gasteiger partial charge on any atom is 0.192 e. The number of rotatable bonds is 6. The summed E-state index contributed by atoms with van der Waals surface area (Å²) in [6.45, 7) is 12.8. The first-order valence-electron chi connectivity index (χ1n) is 7.76. The number of Topliss-reactive ketones (excluding diaryl/α,β-unsaturated/α-hetero) is 1. The summed E-state index contributed by atoms with van der Waals surface area (Å²) in [5, 5.41) is 0. The fourth-order valence-corrected chi connectivity index (χ4v) is 2.86. The Morgan fingerprint density at radius 1 is 1.14 bits per heavy atom. The number of hydrogen-bond acceptors (Lipinski definition) is 1. The molecule has 1 aromatic carbocycles. The summed E-state index contributed by atoms with van der Waals surface area (Å²) in [7, 11) is 0. The summed E-state index contributed by atoms with van der Waals surface area (Å²) in [6, 6.07) is 8.09. The Kier molecular flexibility index (Phi) is 6.14. The Bertz CT molecular complexity index is 527. The number of carbonyl (C=O) groups excluding carboxylic acids is 1. The van der Waals surface area contributed by atoms with Crippen LogP contribution in [0.3, 0.4) is 0 Å². The SMILES string of the molecule is C/C=C\C(=C/C)C(=O)c1ccc(C(C)(C)CC(C)C)cc1. The minimum atomic E-state index is 0.0869. The summed E-state index contributed by atoms with van der Waals surface area (Å²) < 4.78 is 0. The van der Waals surface area contributed by atoms with Crippen molar-refractivity contribution in [2.45, 2.75) is 53.4 Å². The van der Waals surface area contributed by atoms with Crippen molar-refractivity contribution in [1.82, 2.24) is 0 Å². The first-order valence-corrected chi connectivity index (χ1v) is 7.76. The highest BCUT2D eigenvalue weighted by atomic mass is 16.1. The van der Waals surface area contributed by atoms with E-state index in [-0.39, 0.29) is 11.2 Å². The molecule has 1 aromatic rings. The molecule has 1 rings (SSSR count). The monoisotopic (exact) mass is 284 g/mol. The summed E-state index contributed by atoms with van der Waals surface area (Å²) in [6.07, 6.45) is 6.75. The van der Waals surface area contributed by atoms with E-state index in [1.165, 1.54) is 5.56 Å². The quantitative estimate of drug-likeness (QED) is 0.371. The molecule has 0 bridgehead atoms. The Hall–Kier alpha value is -1.63. The lowest BCUT2D eigenvalue weighted by atomic mass is 9.77. The molecule has 0 radical (unpaired) electrons. The molecule has 0 saturated carbocycles. The van der Waals surface area contributed by atoms with Crippen LogP contribution >= 0.6 is 0 Å². The van der Waals surface area contributed by atoms with Crippen LogP contribution in [-0.4, -0.2) is 5.78 Å². The molecule has 0 N–H and O–H groups in total. The fourth-order valence-electron chi connectivity index (χ4n) is 2.86. The van der Waals surface area contributed by atoms with Gasteiger partial charge in [-0.3, -0.25) is 4.79 Å². The summed E-state index contributed by atoms with van der Waals surface area (Å²) in [4.78, 5) is 12.4. The maximum absolute atomic E-state index is 12.4. The molecular weight excluding hydrogens is 256 g/mol. The van der Waals surface area contributed by atoms with Gasteiger partial charge < -0.3 is 0 Å². The minimum absolute atomic E-state index is 0.0869. The molecule has 0 atom stereocenters. The normalized spacial score (nSPS) is 13.2. The Labute approximate surface area is 129 Å². The highest BCUT2D eigenvalue weighted by molar-refractivity contribution is 6.10. The third kappa shape index (κ3) is 4.70. The molecule has 114 valence electrons. The van der Waals surface area contributed by atoms with E-state index < -0.39 is 0 Å². The number of allylic oxidation sites excluding steroid dienone is 4. The average molecular weight is 284 g/mol. The lowest BCUT2D eigenvalue weighted by Gasteiger charge is -2.27. The van der Waals surface area contributed by atoms with Crippen molar-refractivity contribution < 1.29 is 4.79 Å². The predicted molar refractivity (Wildman–Crippen MR) is 91.8 cm³/mol. The van der Waals surface area contributed by atoms with Crippen LogP contribution in [0, 0.1) is 5.92 Å². The number of carbonyl (C=O) groups is 1. The maximum atomic E-state index is 12.4. The first kappa shape index (κ1) is 17.4. The molecule has 21 heavy (non-hydrogen) atoms. The Balaban J connectivity index is 3.00. The van der Waals surface area contributed by atoms with Gasteiger partial charge in [-0.05, 0) is 37.2 Å². The van der Waals surface area contributed by atoms with Crippen LogP contribution in [0.2, 0.25) is 0 Å². The molecule has 0 aliphatic heterocycles. The van der Waals surface area contributed by atoms with Gasteiger partial charge in [-0.15, -0.1) is 0 Å². The molecule has 0 spiro atoms. The van der Waals surface area contributed by atoms with Crippen molar-refractivity contribution in [3.8, 4) is 0 Å². The predicted octanol–water partition coefficient (Wildman–Crippen LogP) is 5.72. The zero-order chi connectivity index (χ0) is 16.0. The van der Waals surface area contributed by atoms with E-state index in [9.17, 15) is 4.79 Å². The zero-order valence-electron chi connectivity index (χ0n) is 14.2. The molecule has 0 aliphatic carbocycles. The van der Waals surface area contributed by atoms with Crippen LogP contribution in [-0.2, 0) is 5.41 Å². The third-order valence-electron chi connectivity index (χ3n) is 3.77. The molecular formula is C20H28O. The minimum Gasteiger partial charge on any atom is -0.289 e. The molecule has 0 amide bonds. The van der Waals surface area contributed by atoms with Crippen molar-refractivity contribution >= 4 is 5.78 Å². The zero-order valence-corrected chi connectivity index (χ0v) is 14.2. The fraction of sp³-hybridized carbons (Fsp3) is 0.450. The van der Waals surface area contributed by atoms with Crippen LogP contribution in [0.5, 0.6) is 0 Å². The van der Waals surface area contributed by atoms with Gasteiger partial charge >= 0.3 is 0 Å². The van der Waals surface area contributed by atoms with Gasteiger partial charge in [0, 0.05) is 11.1 Å². The number of hydrogen-bond donors (Lipinski definition) is 0. The second-order valence-corrected chi connectivity index (χ2v) is 6.63. The van der Waals surface area contributed by atoms with Crippen LogP contribution < -0.4 is 0 Å². The van der Waals surface area contributed by atoms with Crippen LogP contribution in [0.25, 0.3) is 0 Å². The van der Waals surface area contributed by atoms with Crippen molar-refractivity contribution in [1.29, 1.82) is 0 Å². The highest BCUT2D eigenvalue weighted by Gasteiger charge is 2.22. The van der Waals surface area contributed by atoms with Crippen molar-refractivity contribution in [3.05, 3.63) is 59.2 Å². The van der Waals surface area contributed by atoms with E-state index in [0.29, 0.717) is 5.92 Å². The van der Waals surface area contributed by atoms with E-state index in [2.05, 4.69) is 39.8 Å². The van der Waals surface area contributed by atoms with Gasteiger partial charge in [0.25, 0.3) is 0 Å². The number of benzene rings is 1. The van der Waals surface area contributed by atoms with Crippen molar-refractivity contribution in [2.24, 2.45) is 5.92 Å². The van der Waals surface area contributed by atoms with Gasteiger partial charge in [0.15, 0.2) is 5.78 Å². The van der Waals surface area contributed by atoms with Crippen molar-refractivity contribution in [2.75, 3.05) is 0 Å². The van der Waals surface area contributed by atoms with Gasteiger partial charge in [-0.2, -0.15) is 0 Å². The van der Waals surface area contributed by atoms with E-state index in [1.807, 2.05) is 44.2 Å². The van der Waals surface area contributed by atoms with Crippen LogP contribution in [0.15, 0.2) is 48.1 Å². The van der Waals surface area contributed by atoms with Crippen molar-refractivity contribution in [3.63, 3.8) is 0 Å². The highest BCUT2D eigenvalue weighted by Crippen LogP contribution is 2.30. The topological polar surface area (TPSA) is 17.1 Å². The van der Waals surface area contributed by atoms with Gasteiger partial charge in [0.2, 0.25) is 0 Å². The molecule has 1 heteroatoms. The molecule has 0 aromatic heterocycles. The molecule has 0 saturated heterocycles. The largest absolute Gasteiger partial charge is 0.289 e. The molecule has 1 nitrogen and oxygen atoms in total. The van der Waals surface area contributed by atoms with E-state index in [0.717, 1.165) is 17.6 Å². The lowest BCUT2D eigenvalue weighted by Crippen LogP contribution is -2.19. The molecule has 0 aliphatic rings. The second-order valence-electron chi connectivity index (χ2n) is 6.63. The first-order chi connectivity index (χ1) is 9.81. The Morgan fingerprint density at radius 2 is 1.71 bits per heavy atom. The average Bonchev–Trinajstić information content (AvgIpc) is 2.43. The van der Waals surface area contributed by atoms with E-state index >= 15 is 0 Å². The lowest BCUT2D eigenvalue weighted by molar-refractivity contribution is 0.103. The summed E-state index contributed by atoms with van der Waals surface area (Å²) in [5.74, 6) is 0.745. The molecule has 0 unspecified atom stereocenters.